The van der Waals surface area contributed by atoms with Gasteiger partial charge >= 0.3 is 11.9 Å². The van der Waals surface area contributed by atoms with Gasteiger partial charge in [0.05, 0.1) is 39.6 Å². The second-order valence-corrected chi connectivity index (χ2v) is 13.5. The lowest BCUT2D eigenvalue weighted by atomic mass is 9.71. The van der Waals surface area contributed by atoms with Crippen LogP contribution in [0.4, 0.5) is 10.7 Å². The number of nitrogens with zero attached hydrogens (tertiary/aromatic N) is 3. The lowest BCUT2D eigenvalue weighted by Gasteiger charge is -2.34. The number of carbonyl (C=O) groups excluding carboxylic acids is 1. The fourth-order valence-electron chi connectivity index (χ4n) is 5.36. The molecule has 0 saturated carbocycles. The normalized spacial score (nSPS) is 11.7. The number of primary amides is 1. The summed E-state index contributed by atoms with van der Waals surface area (Å²) in [6.45, 7) is 17.7. The van der Waals surface area contributed by atoms with E-state index in [0.717, 1.165) is 42.6 Å². The van der Waals surface area contributed by atoms with Gasteiger partial charge in [-0.2, -0.15) is 5.10 Å². The van der Waals surface area contributed by atoms with Gasteiger partial charge in [-0.05, 0) is 53.5 Å². The molecule has 3 N–H and O–H groups in total. The van der Waals surface area contributed by atoms with Crippen molar-refractivity contribution in [1.29, 1.82) is 0 Å². The molecule has 0 unspecified atom stereocenters. The minimum atomic E-state index is -0.831. The Labute approximate surface area is 279 Å². The van der Waals surface area contributed by atoms with E-state index in [0.29, 0.717) is 18.6 Å². The first-order valence-corrected chi connectivity index (χ1v) is 15.0. The molecular weight excluding hydrogens is 610 g/mol. The van der Waals surface area contributed by atoms with Gasteiger partial charge < -0.3 is 36.5 Å². The Kier molecular flexibility index (Phi) is 15.9. The molecule has 0 aliphatic carbocycles. The van der Waals surface area contributed by atoms with Crippen LogP contribution in [0.15, 0.2) is 70.2 Å². The van der Waals surface area contributed by atoms with Crippen molar-refractivity contribution in [3.8, 4) is 5.75 Å². The number of aryl methyl sites for hydroxylation is 1. The van der Waals surface area contributed by atoms with Gasteiger partial charge in [-0.25, -0.2) is 10.2 Å². The number of ether oxygens (including phenoxy) is 2. The predicted octanol–water partition coefficient (Wildman–Crippen LogP) is 3.57. The average Bonchev–Trinajstić information content (AvgIpc) is 3.39. The topological polar surface area (TPSA) is 142 Å². The maximum Gasteiger partial charge on any atom is 0.433 e. The van der Waals surface area contributed by atoms with Gasteiger partial charge in [0.25, 0.3) is 0 Å². The fraction of sp³-hybridized carbons (Fsp3) is 0.471. The zero-order valence-electron chi connectivity index (χ0n) is 28.3. The average molecular weight is 660 g/mol. The van der Waals surface area contributed by atoms with Crippen LogP contribution in [0.5, 0.6) is 5.75 Å². The van der Waals surface area contributed by atoms with E-state index in [2.05, 4.69) is 114 Å². The van der Waals surface area contributed by atoms with Gasteiger partial charge in [-0.3, -0.25) is 10.1 Å². The quantitative estimate of drug-likeness (QED) is 0.0891. The molecule has 11 nitrogen and oxygen atoms in total. The van der Waals surface area contributed by atoms with Gasteiger partial charge in [0, 0.05) is 5.56 Å². The summed E-state index contributed by atoms with van der Waals surface area (Å²) in [5, 5.41) is 13.5. The van der Waals surface area contributed by atoms with E-state index in [9.17, 15) is 14.9 Å². The summed E-state index contributed by atoms with van der Waals surface area (Å²) in [4.78, 5) is 19.7. The van der Waals surface area contributed by atoms with Crippen LogP contribution >= 0.6 is 0 Å². The predicted molar refractivity (Wildman–Crippen MR) is 177 cm³/mol. The number of likely N-dealkylation sites (N-methyl/N-ethyl adjacent to an activating group) is 1. The Morgan fingerprint density at radius 2 is 1.72 bits per heavy atom. The molecule has 0 radical (unpaired) electrons. The lowest BCUT2D eigenvalue weighted by molar-refractivity contribution is -0.904. The number of rotatable bonds is 14. The Morgan fingerprint density at radius 3 is 2.28 bits per heavy atom. The second kappa shape index (κ2) is 18.3. The van der Waals surface area contributed by atoms with E-state index in [1.807, 2.05) is 5.43 Å². The smallest absolute Gasteiger partial charge is 0.433 e. The monoisotopic (exact) mass is 659 g/mol. The summed E-state index contributed by atoms with van der Waals surface area (Å²) in [7, 11) is 4.50. The summed E-state index contributed by atoms with van der Waals surface area (Å²) in [5.74, 6) is 0.674. The number of nitro groups is 1. The molecule has 0 saturated heterocycles. The molecule has 46 heavy (non-hydrogen) atoms. The van der Waals surface area contributed by atoms with Gasteiger partial charge in [0.1, 0.15) is 30.4 Å². The van der Waals surface area contributed by atoms with E-state index >= 15 is 0 Å². The molecule has 1 aromatic heterocycles. The highest BCUT2D eigenvalue weighted by atomic mass is 35.5. The Balaban J connectivity index is 0.000000591. The van der Waals surface area contributed by atoms with Crippen LogP contribution in [0.2, 0.25) is 0 Å². The van der Waals surface area contributed by atoms with Crippen molar-refractivity contribution in [3.05, 3.63) is 93.2 Å². The molecule has 3 rings (SSSR count). The number of furan rings is 1. The number of halogens is 1. The van der Waals surface area contributed by atoms with Crippen LogP contribution in [0, 0.1) is 22.5 Å². The lowest BCUT2D eigenvalue weighted by Crippen LogP contribution is -3.00. The van der Waals surface area contributed by atoms with E-state index < -0.39 is 16.8 Å². The van der Waals surface area contributed by atoms with Crippen molar-refractivity contribution in [3.63, 3.8) is 0 Å². The second-order valence-electron chi connectivity index (χ2n) is 13.5. The van der Waals surface area contributed by atoms with E-state index in [1.54, 1.807) is 0 Å². The van der Waals surface area contributed by atoms with E-state index in [-0.39, 0.29) is 23.6 Å². The zero-order chi connectivity index (χ0) is 33.7. The Morgan fingerprint density at radius 1 is 1.04 bits per heavy atom. The number of hydrazone groups is 1. The first-order valence-electron chi connectivity index (χ1n) is 15.0. The highest BCUT2D eigenvalue weighted by molar-refractivity contribution is 5.78. The molecule has 0 bridgehead atoms. The fourth-order valence-corrected chi connectivity index (χ4v) is 5.36. The van der Waals surface area contributed by atoms with Crippen LogP contribution in [0.3, 0.4) is 0 Å². The molecule has 0 aliphatic rings. The van der Waals surface area contributed by atoms with Crippen molar-refractivity contribution < 1.29 is 40.5 Å². The van der Waals surface area contributed by atoms with Crippen LogP contribution < -0.4 is 28.3 Å². The molecule has 254 valence electrons. The van der Waals surface area contributed by atoms with Crippen molar-refractivity contribution in [2.75, 3.05) is 40.5 Å². The zero-order valence-corrected chi connectivity index (χ0v) is 29.1. The molecular formula is C34H50ClN5O6. The maximum absolute atomic E-state index is 10.2. The summed E-state index contributed by atoms with van der Waals surface area (Å²) < 4.78 is 17.4. The van der Waals surface area contributed by atoms with E-state index in [1.165, 1.54) is 28.8 Å². The Hall–Kier alpha value is -3.93. The molecule has 0 spiro atoms. The summed E-state index contributed by atoms with van der Waals surface area (Å²) >= 11 is 0. The molecule has 0 atom stereocenters. The largest absolute Gasteiger partial charge is 1.00 e. The number of quaternary nitrogens is 1. The summed E-state index contributed by atoms with van der Waals surface area (Å²) in [5.41, 5.74) is 11.1. The van der Waals surface area contributed by atoms with Crippen LogP contribution in [0.25, 0.3) is 0 Å². The number of carbonyl (C=O) groups is 1. The van der Waals surface area contributed by atoms with Crippen molar-refractivity contribution >= 4 is 18.1 Å². The standard InChI is InChI=1S/C28H44NO2.C6H6N4O4.ClH/c1-23-20-25(14-15-26(23)28(5,6)22-27(2,3)4)31-19-18-30-17-16-29(7,8)21-24-12-10-9-11-13-24;7-6(11)9-8-3-4-1-2-5(14-4)10(12)13;/h9-15,20H,16-19,21-22H2,1-8H3;1-3H,(H3,7,9,11);1H/q+1;;/p-1/b;8-3+;. The van der Waals surface area contributed by atoms with Crippen LogP contribution in [-0.2, 0) is 16.7 Å². The highest BCUT2D eigenvalue weighted by Gasteiger charge is 2.28. The summed E-state index contributed by atoms with van der Waals surface area (Å²) in [6, 6.07) is 18.8. The molecule has 3 aromatic rings. The minimum Gasteiger partial charge on any atom is -1.00 e. The van der Waals surface area contributed by atoms with Crippen molar-refractivity contribution in [2.45, 2.75) is 59.9 Å². The number of hydrogen-bond acceptors (Lipinski definition) is 7. The number of hydrogen-bond donors (Lipinski definition) is 2. The Bertz CT molecular complexity index is 1400. The van der Waals surface area contributed by atoms with Crippen LogP contribution in [0.1, 0.15) is 63.5 Å². The third kappa shape index (κ3) is 15.4. The third-order valence-electron chi connectivity index (χ3n) is 6.85. The number of nitrogens with one attached hydrogen (secondary N) is 1. The van der Waals surface area contributed by atoms with Gasteiger partial charge in [-0.15, -0.1) is 0 Å². The summed E-state index contributed by atoms with van der Waals surface area (Å²) in [6.07, 6.45) is 2.24. The van der Waals surface area contributed by atoms with Crippen molar-refractivity contribution in [1.82, 2.24) is 5.43 Å². The van der Waals surface area contributed by atoms with Gasteiger partial charge in [0.2, 0.25) is 0 Å². The number of urea groups is 1. The molecule has 0 aliphatic heterocycles. The van der Waals surface area contributed by atoms with Crippen molar-refractivity contribution in [2.24, 2.45) is 16.3 Å². The number of nitrogens with two attached hydrogens (primary N) is 1. The first-order chi connectivity index (χ1) is 21.0. The van der Waals surface area contributed by atoms with E-state index in [4.69, 9.17) is 15.2 Å². The molecule has 12 heteroatoms. The maximum atomic E-state index is 10.2. The van der Waals surface area contributed by atoms with Gasteiger partial charge in [-0.1, -0.05) is 71.0 Å². The first kappa shape index (κ1) is 40.1. The van der Waals surface area contributed by atoms with Crippen LogP contribution in [-0.4, -0.2) is 62.1 Å². The number of amides is 2. The highest BCUT2D eigenvalue weighted by Crippen LogP contribution is 2.38. The molecule has 0 fully saturated rings. The van der Waals surface area contributed by atoms with Gasteiger partial charge in [0.15, 0.2) is 5.76 Å². The molecule has 2 amide bonds. The minimum absolute atomic E-state index is 0. The number of benzene rings is 2. The third-order valence-corrected chi connectivity index (χ3v) is 6.85. The molecule has 1 heterocycles. The molecule has 2 aromatic carbocycles. The SMILES string of the molecule is Cc1cc(OCCOCC[N+](C)(C)Cc2ccccc2)ccc1C(C)(C)CC(C)(C)C.NC(=O)N/N=C/c1ccc([N+](=O)[O-])o1.[Cl-].